The summed E-state index contributed by atoms with van der Waals surface area (Å²) in [5, 5.41) is 44.1. The maximum Gasteiger partial charge on any atom is 0.329 e. The molecule has 3 atom stereocenters. The van der Waals surface area contributed by atoms with Gasteiger partial charge in [0.2, 0.25) is 5.91 Å². The number of hydrogen-bond acceptors (Lipinski definition) is 9. The van der Waals surface area contributed by atoms with Crippen LogP contribution in [0.25, 0.3) is 0 Å². The first-order valence-electron chi connectivity index (χ1n) is 7.54. The number of nitrogens with zero attached hydrogens (tertiary/aromatic N) is 3. The van der Waals surface area contributed by atoms with Gasteiger partial charge in [-0.05, 0) is 19.9 Å². The highest BCUT2D eigenvalue weighted by Crippen LogP contribution is 2.39. The molecule has 1 rings (SSSR count). The molecule has 0 spiro atoms. The van der Waals surface area contributed by atoms with Crippen LogP contribution in [-0.2, 0) is 9.59 Å². The first-order valence-corrected chi connectivity index (χ1v) is 7.54. The lowest BCUT2D eigenvalue weighted by molar-refractivity contribution is -0.393. The number of primary amides is 1. The summed E-state index contributed by atoms with van der Waals surface area (Å²) in [4.78, 5) is 44.4. The topological polar surface area (TPSA) is 202 Å². The summed E-state index contributed by atoms with van der Waals surface area (Å²) in [6.07, 6.45) is -1.41. The number of hydrogen-bond donors (Lipinski definition) is 4. The first kappa shape index (κ1) is 21.6. The van der Waals surface area contributed by atoms with Crippen molar-refractivity contribution in [3.05, 3.63) is 32.4 Å². The van der Waals surface area contributed by atoms with Crippen LogP contribution in [0.5, 0.6) is 0 Å². The number of aliphatic hydroxyl groups excluding tert-OH is 1. The average molecular weight is 385 g/mol. The molecule has 1 amide bonds. The third kappa shape index (κ3) is 4.78. The Morgan fingerprint density at radius 2 is 1.70 bits per heavy atom. The summed E-state index contributed by atoms with van der Waals surface area (Å²) in [7, 11) is 1.18. The van der Waals surface area contributed by atoms with Crippen LogP contribution >= 0.6 is 0 Å². The van der Waals surface area contributed by atoms with Crippen LogP contribution in [0.2, 0.25) is 0 Å². The van der Waals surface area contributed by atoms with E-state index in [1.807, 2.05) is 0 Å². The molecular formula is C14H19N5O8. The number of likely N-dealkylation sites (N-methyl/N-ethyl adjacent to an activating group) is 1. The van der Waals surface area contributed by atoms with Crippen LogP contribution in [0.15, 0.2) is 12.1 Å². The second-order valence-electron chi connectivity index (χ2n) is 5.78. The van der Waals surface area contributed by atoms with Crippen molar-refractivity contribution in [2.45, 2.75) is 32.0 Å². The first-order chi connectivity index (χ1) is 12.4. The molecule has 0 aliphatic carbocycles. The van der Waals surface area contributed by atoms with Gasteiger partial charge in [-0.25, -0.2) is 4.79 Å². The van der Waals surface area contributed by atoms with Crippen LogP contribution in [-0.4, -0.2) is 57.2 Å². The summed E-state index contributed by atoms with van der Waals surface area (Å²) in [6.45, 7) is 2.51. The molecule has 0 aliphatic rings. The van der Waals surface area contributed by atoms with E-state index in [9.17, 15) is 40.0 Å². The number of carbonyl (C=O) groups excluding carboxylic acids is 1. The van der Waals surface area contributed by atoms with Crippen molar-refractivity contribution in [3.8, 4) is 0 Å². The van der Waals surface area contributed by atoms with Crippen LogP contribution in [0, 0.1) is 20.2 Å². The molecule has 0 bridgehead atoms. The van der Waals surface area contributed by atoms with E-state index in [2.05, 4.69) is 5.32 Å². The average Bonchev–Trinajstić information content (AvgIpc) is 2.52. The lowest BCUT2D eigenvalue weighted by atomic mass is 10.1. The van der Waals surface area contributed by atoms with Crippen LogP contribution in [0.4, 0.5) is 22.7 Å². The molecule has 1 aromatic carbocycles. The Hall–Kier alpha value is -3.48. The Labute approximate surface area is 152 Å². The van der Waals surface area contributed by atoms with Crippen molar-refractivity contribution < 1.29 is 29.6 Å². The number of carbonyl (C=O) groups is 2. The van der Waals surface area contributed by atoms with Gasteiger partial charge in [0.1, 0.15) is 17.4 Å². The van der Waals surface area contributed by atoms with Gasteiger partial charge in [-0.15, -0.1) is 0 Å². The molecular weight excluding hydrogens is 366 g/mol. The van der Waals surface area contributed by atoms with Crippen LogP contribution in [0.3, 0.4) is 0 Å². The summed E-state index contributed by atoms with van der Waals surface area (Å²) >= 11 is 0. The number of carboxylic acid groups (broad SMARTS) is 1. The third-order valence-electron chi connectivity index (χ3n) is 3.79. The molecule has 0 radical (unpaired) electrons. The zero-order chi connectivity index (χ0) is 21.0. The predicted octanol–water partition coefficient (Wildman–Crippen LogP) is 0.0589. The van der Waals surface area contributed by atoms with Gasteiger partial charge in [0.15, 0.2) is 6.04 Å². The number of amides is 1. The number of nitrogens with one attached hydrogen (secondary N) is 1. The van der Waals surface area contributed by atoms with Gasteiger partial charge < -0.3 is 26.2 Å². The monoisotopic (exact) mass is 385 g/mol. The molecule has 0 fully saturated rings. The fourth-order valence-electron chi connectivity index (χ4n) is 2.41. The predicted molar refractivity (Wildman–Crippen MR) is 93.5 cm³/mol. The van der Waals surface area contributed by atoms with Crippen molar-refractivity contribution in [2.75, 3.05) is 17.3 Å². The van der Waals surface area contributed by atoms with E-state index in [0.717, 1.165) is 11.0 Å². The third-order valence-corrected chi connectivity index (χ3v) is 3.79. The quantitative estimate of drug-likeness (QED) is 0.332. The zero-order valence-electron chi connectivity index (χ0n) is 14.6. The highest BCUT2D eigenvalue weighted by atomic mass is 16.6. The van der Waals surface area contributed by atoms with Gasteiger partial charge in [-0.2, -0.15) is 0 Å². The molecule has 0 saturated heterocycles. The Morgan fingerprint density at radius 3 is 2.07 bits per heavy atom. The Morgan fingerprint density at radius 1 is 1.19 bits per heavy atom. The number of carboxylic acids is 1. The largest absolute Gasteiger partial charge is 0.480 e. The number of nitrogens with two attached hydrogens (primary N) is 1. The summed E-state index contributed by atoms with van der Waals surface area (Å²) in [5.74, 6) is -2.29. The fraction of sp³-hybridized carbons (Fsp3) is 0.429. The number of anilines is 2. The summed E-state index contributed by atoms with van der Waals surface area (Å²) in [6, 6.07) is -1.00. The summed E-state index contributed by atoms with van der Waals surface area (Å²) < 4.78 is 0. The van der Waals surface area contributed by atoms with Gasteiger partial charge >= 0.3 is 5.97 Å². The molecule has 13 nitrogen and oxygen atoms in total. The van der Waals surface area contributed by atoms with E-state index >= 15 is 0 Å². The van der Waals surface area contributed by atoms with E-state index in [-0.39, 0.29) is 11.4 Å². The lowest BCUT2D eigenvalue weighted by Crippen LogP contribution is -2.46. The zero-order valence-corrected chi connectivity index (χ0v) is 14.6. The number of rotatable bonds is 9. The Kier molecular flexibility index (Phi) is 6.60. The smallest absolute Gasteiger partial charge is 0.329 e. The standard InChI is InChI=1S/C14H19N5O8/c1-6(13(15)21)16-8-4-10(17(3)12(7(2)20)14(22)23)11(19(26)27)5-9(8)18(24)25/h4-7,12,16,20H,1-3H3,(H2,15,21)(H,22,23)/t6-,7+,12-/m0/s1. The van der Waals surface area contributed by atoms with E-state index in [1.165, 1.54) is 20.9 Å². The molecule has 148 valence electrons. The minimum atomic E-state index is -1.56. The molecule has 0 heterocycles. The van der Waals surface area contributed by atoms with Gasteiger partial charge in [-0.1, -0.05) is 0 Å². The maximum atomic E-state index is 11.4. The molecule has 5 N–H and O–H groups in total. The molecule has 0 aromatic heterocycles. The minimum Gasteiger partial charge on any atom is -0.480 e. The number of aliphatic carboxylic acids is 1. The van der Waals surface area contributed by atoms with E-state index < -0.39 is 51.3 Å². The fourth-order valence-corrected chi connectivity index (χ4v) is 2.41. The second kappa shape index (κ2) is 8.27. The molecule has 27 heavy (non-hydrogen) atoms. The SMILES string of the molecule is C[C@H](Nc1cc(N(C)[C@H](C(=O)O)[C@@H](C)O)c([N+](=O)[O-])cc1[N+](=O)[O-])C(N)=O. The molecule has 0 aliphatic heterocycles. The van der Waals surface area contributed by atoms with Crippen molar-refractivity contribution in [1.29, 1.82) is 0 Å². The van der Waals surface area contributed by atoms with Gasteiger partial charge in [0, 0.05) is 7.05 Å². The minimum absolute atomic E-state index is 0.270. The van der Waals surface area contributed by atoms with E-state index in [4.69, 9.17) is 5.73 Å². The number of aliphatic hydroxyl groups is 1. The van der Waals surface area contributed by atoms with Crippen LogP contribution < -0.4 is 16.0 Å². The lowest BCUT2D eigenvalue weighted by Gasteiger charge is -2.28. The highest BCUT2D eigenvalue weighted by Gasteiger charge is 2.34. The van der Waals surface area contributed by atoms with Crippen molar-refractivity contribution in [1.82, 2.24) is 0 Å². The Balaban J connectivity index is 3.66. The molecule has 13 heteroatoms. The summed E-state index contributed by atoms with van der Waals surface area (Å²) in [5.41, 5.74) is 3.10. The number of benzene rings is 1. The molecule has 0 unspecified atom stereocenters. The van der Waals surface area contributed by atoms with Crippen molar-refractivity contribution in [3.63, 3.8) is 0 Å². The second-order valence-corrected chi connectivity index (χ2v) is 5.78. The maximum absolute atomic E-state index is 11.4. The van der Waals surface area contributed by atoms with Crippen molar-refractivity contribution in [2.24, 2.45) is 5.73 Å². The molecule has 0 saturated carbocycles. The normalized spacial score (nSPS) is 13.9. The van der Waals surface area contributed by atoms with Gasteiger partial charge in [-0.3, -0.25) is 25.0 Å². The van der Waals surface area contributed by atoms with E-state index in [0.29, 0.717) is 6.07 Å². The number of nitro groups is 2. The van der Waals surface area contributed by atoms with Gasteiger partial charge in [0.05, 0.1) is 22.0 Å². The Bertz CT molecular complexity index is 781. The van der Waals surface area contributed by atoms with Gasteiger partial charge in [0.25, 0.3) is 11.4 Å². The van der Waals surface area contributed by atoms with Crippen molar-refractivity contribution >= 4 is 34.6 Å². The molecule has 1 aromatic rings. The number of nitro benzene ring substituents is 2. The van der Waals surface area contributed by atoms with E-state index in [1.54, 1.807) is 0 Å². The highest BCUT2D eigenvalue weighted by molar-refractivity contribution is 5.87. The van der Waals surface area contributed by atoms with Crippen LogP contribution in [0.1, 0.15) is 13.8 Å².